The molecule has 0 aliphatic carbocycles. The molecule has 9 aliphatic heterocycles. The van der Waals surface area contributed by atoms with Crippen molar-refractivity contribution >= 4 is 61.0 Å². The summed E-state index contributed by atoms with van der Waals surface area (Å²) >= 11 is 5.16. The number of hydrogen-bond acceptors (Lipinski definition) is 25. The molecule has 32 heteroatoms. The minimum atomic E-state index is -3.28. The van der Waals surface area contributed by atoms with E-state index < -0.39 is 30.5 Å². The molecule has 0 saturated carbocycles. The maximum Gasteiger partial charge on any atom is 0.264 e. The van der Waals surface area contributed by atoms with Crippen LogP contribution in [0.15, 0.2) is 194 Å². The number of epoxide rings is 1. The molecule has 11 N–H and O–H groups in total. The molecule has 9 heterocycles. The number of carbonyl (C=O) groups is 2. The number of halogens is 2. The Morgan fingerprint density at radius 1 is 0.491 bits per heavy atom. The van der Waals surface area contributed by atoms with Crippen LogP contribution in [-0.2, 0) is 92.2 Å². The predicted octanol–water partition coefficient (Wildman–Crippen LogP) is 7.61. The summed E-state index contributed by atoms with van der Waals surface area (Å²) in [5, 5.41) is 53.8. The van der Waals surface area contributed by atoms with Crippen LogP contribution >= 0.6 is 22.3 Å². The number of rotatable bonds is 14. The van der Waals surface area contributed by atoms with Gasteiger partial charge in [0, 0.05) is 147 Å². The van der Waals surface area contributed by atoms with Crippen LogP contribution in [0.3, 0.4) is 0 Å². The fourth-order valence-corrected chi connectivity index (χ4v) is 12.3. The Balaban J connectivity index is 0.000000342. The molecule has 116 heavy (non-hydrogen) atoms. The van der Waals surface area contributed by atoms with Crippen molar-refractivity contribution in [1.29, 1.82) is 1.34 Å². The van der Waals surface area contributed by atoms with Crippen LogP contribution < -0.4 is 22.1 Å². The largest absolute Gasteiger partial charge is 0.393 e. The zero-order valence-corrected chi connectivity index (χ0v) is 73.9. The van der Waals surface area contributed by atoms with Crippen molar-refractivity contribution in [2.75, 3.05) is 118 Å². The topological polar surface area (TPSA) is 379 Å². The third-order valence-electron chi connectivity index (χ3n) is 18.1. The van der Waals surface area contributed by atoms with Gasteiger partial charge in [0.15, 0.2) is 0 Å². The number of fused-ring (bicyclic) bond motifs is 1. The van der Waals surface area contributed by atoms with Gasteiger partial charge >= 0.3 is 0 Å². The molecule has 1 amide bonds. The molecule has 642 valence electrons. The van der Waals surface area contributed by atoms with E-state index >= 15 is 0 Å². The molecule has 8 fully saturated rings. The van der Waals surface area contributed by atoms with Gasteiger partial charge in [-0.05, 0) is 112 Å². The number of nitrogens with two attached hydrogens (primary N) is 2. The molecule has 0 bridgehead atoms. The number of aliphatic hydroxyl groups is 5. The Bertz CT molecular complexity index is 3610. The first-order valence-electron chi connectivity index (χ1n) is 39.3. The molecule has 0 aromatic heterocycles. The summed E-state index contributed by atoms with van der Waals surface area (Å²) in [4.78, 5) is 25.1. The van der Waals surface area contributed by atoms with E-state index in [1.54, 1.807) is 41.3 Å². The summed E-state index contributed by atoms with van der Waals surface area (Å²) in [6.45, 7) is 13.4. The third kappa shape index (κ3) is 50.3. The first-order valence-corrected chi connectivity index (χ1v) is 43.7. The van der Waals surface area contributed by atoms with Crippen LogP contribution in [0.4, 0.5) is 0 Å². The minimum absolute atomic E-state index is 0. The summed E-state index contributed by atoms with van der Waals surface area (Å²) in [6, 6.07) is 57.8. The first kappa shape index (κ1) is 103. The summed E-state index contributed by atoms with van der Waals surface area (Å²) in [7, 11) is 1.78. The molecule has 9 aliphatic rings. The standard InChI is InChI=1S/C19H21NO3.2C12H17NO2.C7H5ClO.C7H9N.C6H12O4S.C5H11NO2.C5H8O2.C5H10O2.C5H8O.CH3ClO2S.BH.U/c21-18-11-12-23-14-17(18)20(13-15-7-3-1-4-8-15)19(22)16-9-5-2-6-10-16;2*14-12-6-7-15-9-11(12)13-8-10-4-2-1-3-5-10;8-7(9)6-4-2-1-3-5-6;8-6-7-4-2-1-3-5-7;1-11(7,8)10-6-2-4-9-5-3-6;6-4-3-8-2-1-5(4)7;1-2-6-3-5-4(1)7-5;6-5-1-3-7-4-2-5;1-2-4-6-5-3-1;1-5(2,3)4;;/h1-10,17-18,21H,11-14H2;2*1-5,11-14H,6-9H2;1-5H;1-5H,6,8H2;6H,2-5H2,1H3;4-5,7H,1-3,6H2;4-5H,1-3H2;5-6H,1-4H2;1-2H,3-5H2;1H3;1H;/t17-,18-;11-,12+;11-,12-;;;;4-,5+;;;;;;/m000...0....../s1/i;;;;;;;;;;;1D;. The fraction of sp³-hybridized carbons (Fsp3) is 0.524. The monoisotopic (exact) mass is 1920 g/mol. The van der Waals surface area contributed by atoms with Crippen LogP contribution in [0.25, 0.3) is 0 Å². The quantitative estimate of drug-likeness (QED) is 0.0166. The van der Waals surface area contributed by atoms with Crippen LogP contribution in [0.1, 0.15) is 107 Å². The first-order chi connectivity index (χ1) is 56.0. The number of amides is 1. The van der Waals surface area contributed by atoms with Crippen molar-refractivity contribution in [3.05, 3.63) is 228 Å². The van der Waals surface area contributed by atoms with E-state index in [-0.39, 0.29) is 91.7 Å². The van der Waals surface area contributed by atoms with Crippen molar-refractivity contribution in [2.24, 2.45) is 11.5 Å². The van der Waals surface area contributed by atoms with E-state index in [1.165, 1.54) is 16.7 Å². The molecule has 2 unspecified atom stereocenters. The molecular formula is C84H122BCl2N5O21S2U. The SMILES string of the molecule is C1=CCOCC1.C1CC2OC2CO1.CS(=O)(=O)Cl.CS(=O)(=O)OC1CCOCC1.NCc1ccccc1.N[C@H]1COCC[C@H]1O.O=C(Cl)c1ccccc1.O=C(c1ccccc1)N(Cc1ccccc1)[C@H]1COCC[C@@H]1O.OC1CCOCC1.O[C@@H]1CCOC[C@@H]1NCc1ccccc1.O[C@H]1CCOC[C@@H]1NCc1ccccc1.[2H][B].[U]. The fourth-order valence-electron chi connectivity index (χ4n) is 11.5. The van der Waals surface area contributed by atoms with E-state index in [2.05, 4.69) is 60.0 Å². The van der Waals surface area contributed by atoms with Crippen LogP contribution in [-0.4, -0.2) is 259 Å². The molecule has 6 aromatic carbocycles. The summed E-state index contributed by atoms with van der Waals surface area (Å²) in [5.41, 5.74) is 16.6. The van der Waals surface area contributed by atoms with Gasteiger partial charge in [-0.2, -0.15) is 8.42 Å². The number of nitrogens with one attached hydrogen (secondary N) is 2. The number of carbonyl (C=O) groups excluding carboxylic acids is 2. The average molecular weight is 1920 g/mol. The van der Waals surface area contributed by atoms with Gasteiger partial charge in [-0.1, -0.05) is 182 Å². The van der Waals surface area contributed by atoms with Gasteiger partial charge < -0.3 is 95.2 Å². The van der Waals surface area contributed by atoms with Gasteiger partial charge in [0.2, 0.25) is 9.05 Å². The van der Waals surface area contributed by atoms with Crippen LogP contribution in [0.2, 0.25) is 0 Å². The minimum Gasteiger partial charge on any atom is -0.393 e. The third-order valence-corrected chi connectivity index (χ3v) is 18.9. The summed E-state index contributed by atoms with van der Waals surface area (Å²) in [6.07, 6.45) is 13.4. The second-order valence-corrected chi connectivity index (χ2v) is 32.6. The van der Waals surface area contributed by atoms with Gasteiger partial charge in [0.05, 0.1) is 126 Å². The van der Waals surface area contributed by atoms with Gasteiger partial charge in [0.1, 0.15) is 6.10 Å². The number of hydrogen-bond donors (Lipinski definition) is 9. The Kier molecular flexibility index (Phi) is 56.2. The van der Waals surface area contributed by atoms with Crippen molar-refractivity contribution in [3.8, 4) is 0 Å². The van der Waals surface area contributed by atoms with Crippen molar-refractivity contribution in [1.82, 2.24) is 15.5 Å². The summed E-state index contributed by atoms with van der Waals surface area (Å²) < 4.78 is 96.4. The van der Waals surface area contributed by atoms with Gasteiger partial charge in [0.25, 0.3) is 21.3 Å². The second-order valence-electron chi connectivity index (χ2n) is 27.6. The Morgan fingerprint density at radius 3 is 1.22 bits per heavy atom. The number of benzene rings is 6. The van der Waals surface area contributed by atoms with E-state index in [1.807, 2.05) is 127 Å². The molecule has 0 spiro atoms. The predicted molar refractivity (Wildman–Crippen MR) is 448 cm³/mol. The average Bonchev–Trinajstić information content (AvgIpc) is 1.80. The van der Waals surface area contributed by atoms with Crippen molar-refractivity contribution < 1.29 is 130 Å². The van der Waals surface area contributed by atoms with Gasteiger partial charge in [-0.25, -0.2) is 8.42 Å². The number of ether oxygens (including phenoxy) is 9. The van der Waals surface area contributed by atoms with E-state index in [4.69, 9.17) is 81.4 Å². The molecule has 2 radical (unpaired) electrons. The zero-order valence-electron chi connectivity index (χ0n) is 67.6. The smallest absolute Gasteiger partial charge is 0.264 e. The van der Waals surface area contributed by atoms with Gasteiger partial charge in [-0.15, -0.1) is 0 Å². The Morgan fingerprint density at radius 2 is 0.888 bits per heavy atom. The molecular weight excluding hydrogens is 1800 g/mol. The van der Waals surface area contributed by atoms with E-state index in [0.29, 0.717) is 128 Å². The maximum atomic E-state index is 13.0. The molecule has 26 nitrogen and oxygen atoms in total. The number of aliphatic hydroxyl groups excluding tert-OH is 5. The Hall–Kier alpha value is -4.96. The van der Waals surface area contributed by atoms with Crippen molar-refractivity contribution in [3.63, 3.8) is 0 Å². The maximum absolute atomic E-state index is 13.0. The normalized spacial score (nSPS) is 23.2. The van der Waals surface area contributed by atoms with Gasteiger partial charge in [-0.3, -0.25) is 13.8 Å². The second kappa shape index (κ2) is 63.1. The Labute approximate surface area is 723 Å². The molecule has 10 atom stereocenters. The number of nitrogens with zero attached hydrogens (tertiary/aromatic N) is 1. The van der Waals surface area contributed by atoms with Crippen LogP contribution in [0, 0.1) is 31.1 Å². The molecule has 8 saturated heterocycles. The summed E-state index contributed by atoms with van der Waals surface area (Å²) in [5.74, 6) is -0.0796. The van der Waals surface area contributed by atoms with Crippen molar-refractivity contribution in [2.45, 2.75) is 163 Å². The molecule has 6 aromatic rings. The molecule has 15 rings (SSSR count). The zero-order chi connectivity index (χ0) is 84.5. The van der Waals surface area contributed by atoms with Crippen LogP contribution in [0.5, 0.6) is 0 Å². The van der Waals surface area contributed by atoms with E-state index in [9.17, 15) is 41.7 Å². The van der Waals surface area contributed by atoms with E-state index in [0.717, 1.165) is 109 Å².